The highest BCUT2D eigenvalue weighted by molar-refractivity contribution is 14.1. The quantitative estimate of drug-likeness (QED) is 0.603. The minimum absolute atomic E-state index is 0.115. The van der Waals surface area contributed by atoms with Crippen LogP contribution < -0.4 is 5.32 Å². The number of hydrogen-bond acceptors (Lipinski definition) is 2. The van der Waals surface area contributed by atoms with Crippen molar-refractivity contribution in [1.29, 1.82) is 0 Å². The molecular formula is C16H22FIN2O. The molecule has 1 aliphatic heterocycles. The summed E-state index contributed by atoms with van der Waals surface area (Å²) in [5, 5.41) is 2.92. The fourth-order valence-corrected chi connectivity index (χ4v) is 3.36. The molecular weight excluding hydrogens is 382 g/mol. The SMILES string of the molecule is O=C(NCCCN1CCCCCC1)c1ccc(F)cc1I. The van der Waals surface area contributed by atoms with E-state index in [9.17, 15) is 9.18 Å². The molecule has 116 valence electrons. The molecule has 0 aromatic heterocycles. The maximum atomic E-state index is 13.0. The van der Waals surface area contributed by atoms with Crippen LogP contribution in [0.5, 0.6) is 0 Å². The average molecular weight is 404 g/mol. The van der Waals surface area contributed by atoms with Gasteiger partial charge in [-0.25, -0.2) is 4.39 Å². The van der Waals surface area contributed by atoms with Gasteiger partial charge >= 0.3 is 0 Å². The molecule has 3 nitrogen and oxygen atoms in total. The summed E-state index contributed by atoms with van der Waals surface area (Å²) in [6.45, 7) is 4.08. The van der Waals surface area contributed by atoms with Crippen molar-refractivity contribution in [1.82, 2.24) is 10.2 Å². The van der Waals surface area contributed by atoms with Gasteiger partial charge in [0.15, 0.2) is 0 Å². The van der Waals surface area contributed by atoms with Crippen molar-refractivity contribution in [3.63, 3.8) is 0 Å². The molecule has 1 saturated heterocycles. The molecule has 0 spiro atoms. The summed E-state index contributed by atoms with van der Waals surface area (Å²) in [6, 6.07) is 4.25. The molecule has 1 fully saturated rings. The molecule has 0 unspecified atom stereocenters. The summed E-state index contributed by atoms with van der Waals surface area (Å²) in [6.07, 6.45) is 6.23. The Morgan fingerprint density at radius 2 is 1.95 bits per heavy atom. The van der Waals surface area contributed by atoms with E-state index in [1.54, 1.807) is 6.07 Å². The summed E-state index contributed by atoms with van der Waals surface area (Å²) in [7, 11) is 0. The van der Waals surface area contributed by atoms with Crippen LogP contribution in [0.4, 0.5) is 4.39 Å². The van der Waals surface area contributed by atoms with Crippen LogP contribution in [-0.4, -0.2) is 37.0 Å². The number of carbonyl (C=O) groups excluding carboxylic acids is 1. The van der Waals surface area contributed by atoms with Gasteiger partial charge in [-0.15, -0.1) is 0 Å². The first kappa shape index (κ1) is 16.7. The minimum atomic E-state index is -0.308. The Kier molecular flexibility index (Phi) is 6.89. The molecule has 0 saturated carbocycles. The zero-order valence-corrected chi connectivity index (χ0v) is 14.4. The Hall–Kier alpha value is -0.690. The number of nitrogens with one attached hydrogen (secondary N) is 1. The van der Waals surface area contributed by atoms with Gasteiger partial charge in [-0.2, -0.15) is 0 Å². The minimum Gasteiger partial charge on any atom is -0.352 e. The Balaban J connectivity index is 1.71. The molecule has 1 aromatic carbocycles. The van der Waals surface area contributed by atoms with E-state index in [0.717, 1.165) is 13.0 Å². The van der Waals surface area contributed by atoms with E-state index in [1.807, 2.05) is 22.6 Å². The van der Waals surface area contributed by atoms with E-state index < -0.39 is 0 Å². The first-order valence-corrected chi connectivity index (χ1v) is 8.70. The normalized spacial score (nSPS) is 16.5. The first-order chi connectivity index (χ1) is 10.2. The van der Waals surface area contributed by atoms with Crippen molar-refractivity contribution in [2.24, 2.45) is 0 Å². The van der Waals surface area contributed by atoms with Crippen LogP contribution in [0.2, 0.25) is 0 Å². The van der Waals surface area contributed by atoms with Crippen LogP contribution in [-0.2, 0) is 0 Å². The summed E-state index contributed by atoms with van der Waals surface area (Å²) in [5.74, 6) is -0.424. The molecule has 0 radical (unpaired) electrons. The topological polar surface area (TPSA) is 32.3 Å². The van der Waals surface area contributed by atoms with Gasteiger partial charge in [0.2, 0.25) is 0 Å². The lowest BCUT2D eigenvalue weighted by Gasteiger charge is -2.19. The molecule has 1 aromatic rings. The smallest absolute Gasteiger partial charge is 0.252 e. The largest absolute Gasteiger partial charge is 0.352 e. The third kappa shape index (κ3) is 5.54. The van der Waals surface area contributed by atoms with Gasteiger partial charge in [-0.3, -0.25) is 4.79 Å². The van der Waals surface area contributed by atoms with Gasteiger partial charge in [0.05, 0.1) is 5.56 Å². The molecule has 1 aliphatic rings. The maximum Gasteiger partial charge on any atom is 0.252 e. The monoisotopic (exact) mass is 404 g/mol. The van der Waals surface area contributed by atoms with Gasteiger partial charge < -0.3 is 10.2 Å². The Morgan fingerprint density at radius 3 is 2.62 bits per heavy atom. The Bertz CT molecular complexity index is 473. The molecule has 5 heteroatoms. The second-order valence-corrected chi connectivity index (χ2v) is 6.65. The average Bonchev–Trinajstić information content (AvgIpc) is 2.72. The molecule has 1 N–H and O–H groups in total. The highest BCUT2D eigenvalue weighted by Crippen LogP contribution is 2.14. The van der Waals surface area contributed by atoms with Crippen LogP contribution in [0.1, 0.15) is 42.5 Å². The zero-order valence-electron chi connectivity index (χ0n) is 12.2. The number of likely N-dealkylation sites (tertiary alicyclic amines) is 1. The number of benzene rings is 1. The fourth-order valence-electron chi connectivity index (χ4n) is 2.63. The fraction of sp³-hybridized carbons (Fsp3) is 0.562. The van der Waals surface area contributed by atoms with Gasteiger partial charge in [0.1, 0.15) is 5.82 Å². The van der Waals surface area contributed by atoms with E-state index >= 15 is 0 Å². The van der Waals surface area contributed by atoms with Crippen molar-refractivity contribution in [3.8, 4) is 0 Å². The lowest BCUT2D eigenvalue weighted by molar-refractivity contribution is 0.0950. The number of hydrogen-bond donors (Lipinski definition) is 1. The Morgan fingerprint density at radius 1 is 1.24 bits per heavy atom. The van der Waals surface area contributed by atoms with Crippen LogP contribution in [0.25, 0.3) is 0 Å². The number of amides is 1. The van der Waals surface area contributed by atoms with Crippen LogP contribution in [0.15, 0.2) is 18.2 Å². The van der Waals surface area contributed by atoms with Crippen LogP contribution in [0.3, 0.4) is 0 Å². The van der Waals surface area contributed by atoms with Crippen LogP contribution >= 0.6 is 22.6 Å². The van der Waals surface area contributed by atoms with Gasteiger partial charge in [-0.1, -0.05) is 12.8 Å². The highest BCUT2D eigenvalue weighted by atomic mass is 127. The number of nitrogens with zero attached hydrogens (tertiary/aromatic N) is 1. The van der Waals surface area contributed by atoms with Crippen molar-refractivity contribution < 1.29 is 9.18 Å². The molecule has 0 bridgehead atoms. The lowest BCUT2D eigenvalue weighted by atomic mass is 10.2. The number of rotatable bonds is 5. The van der Waals surface area contributed by atoms with E-state index in [1.165, 1.54) is 50.9 Å². The molecule has 21 heavy (non-hydrogen) atoms. The van der Waals surface area contributed by atoms with E-state index in [4.69, 9.17) is 0 Å². The van der Waals surface area contributed by atoms with Gasteiger partial charge in [0, 0.05) is 10.1 Å². The summed E-state index contributed by atoms with van der Waals surface area (Å²) >= 11 is 1.99. The first-order valence-electron chi connectivity index (χ1n) is 7.62. The van der Waals surface area contributed by atoms with Crippen molar-refractivity contribution in [2.75, 3.05) is 26.2 Å². The van der Waals surface area contributed by atoms with E-state index in [-0.39, 0.29) is 11.7 Å². The van der Waals surface area contributed by atoms with Gasteiger partial charge in [0.25, 0.3) is 5.91 Å². The van der Waals surface area contributed by atoms with Crippen molar-refractivity contribution in [3.05, 3.63) is 33.1 Å². The van der Waals surface area contributed by atoms with Crippen molar-refractivity contribution >= 4 is 28.5 Å². The van der Waals surface area contributed by atoms with Crippen LogP contribution in [0, 0.1) is 9.39 Å². The maximum absolute atomic E-state index is 13.0. The molecule has 0 atom stereocenters. The number of carbonyl (C=O) groups is 1. The second-order valence-electron chi connectivity index (χ2n) is 5.49. The molecule has 0 aliphatic carbocycles. The zero-order chi connectivity index (χ0) is 15.1. The van der Waals surface area contributed by atoms with E-state index in [2.05, 4.69) is 10.2 Å². The third-order valence-electron chi connectivity index (χ3n) is 3.81. The summed E-state index contributed by atoms with van der Waals surface area (Å²) < 4.78 is 13.7. The second kappa shape index (κ2) is 8.68. The summed E-state index contributed by atoms with van der Waals surface area (Å²) in [5.41, 5.74) is 0.548. The standard InChI is InChI=1S/C16H22FIN2O/c17-13-6-7-14(15(18)12-13)16(21)19-8-5-11-20-9-3-1-2-4-10-20/h6-7,12H,1-5,8-11H2,(H,19,21). The molecule has 1 amide bonds. The lowest BCUT2D eigenvalue weighted by Crippen LogP contribution is -2.30. The highest BCUT2D eigenvalue weighted by Gasteiger charge is 2.11. The van der Waals surface area contributed by atoms with E-state index in [0.29, 0.717) is 15.7 Å². The number of halogens is 2. The molecule has 1 heterocycles. The predicted octanol–water partition coefficient (Wildman–Crippen LogP) is 3.43. The van der Waals surface area contributed by atoms with Crippen molar-refractivity contribution in [2.45, 2.75) is 32.1 Å². The summed E-state index contributed by atoms with van der Waals surface area (Å²) in [4.78, 5) is 14.5. The third-order valence-corrected chi connectivity index (χ3v) is 4.70. The predicted molar refractivity (Wildman–Crippen MR) is 91.0 cm³/mol. The molecule has 2 rings (SSSR count). The van der Waals surface area contributed by atoms with Gasteiger partial charge in [-0.05, 0) is 79.7 Å². The Labute approximate surface area is 139 Å².